The molecule has 1 atom stereocenters. The SMILES string of the molecule is CCC(C)(OC)C(=O)NCC(C)(C)CCCN. The van der Waals surface area contributed by atoms with Crippen LogP contribution in [0, 0.1) is 5.41 Å². The molecule has 0 aliphatic heterocycles. The maximum absolute atomic E-state index is 12.0. The van der Waals surface area contributed by atoms with Crippen molar-refractivity contribution in [2.24, 2.45) is 11.1 Å². The van der Waals surface area contributed by atoms with E-state index in [2.05, 4.69) is 19.2 Å². The molecule has 0 aromatic rings. The first-order valence-corrected chi connectivity index (χ1v) is 6.35. The van der Waals surface area contributed by atoms with E-state index >= 15 is 0 Å². The van der Waals surface area contributed by atoms with E-state index in [4.69, 9.17) is 10.5 Å². The van der Waals surface area contributed by atoms with Crippen molar-refractivity contribution >= 4 is 5.91 Å². The number of carbonyl (C=O) groups excluding carboxylic acids is 1. The minimum absolute atomic E-state index is 0.0386. The van der Waals surface area contributed by atoms with Gasteiger partial charge in [0.15, 0.2) is 0 Å². The third kappa shape index (κ3) is 5.50. The van der Waals surface area contributed by atoms with E-state index in [0.717, 1.165) is 12.8 Å². The van der Waals surface area contributed by atoms with Crippen LogP contribution in [0.3, 0.4) is 0 Å². The van der Waals surface area contributed by atoms with E-state index < -0.39 is 5.60 Å². The molecule has 1 unspecified atom stereocenters. The van der Waals surface area contributed by atoms with Crippen molar-refractivity contribution in [1.82, 2.24) is 5.32 Å². The van der Waals surface area contributed by atoms with Crippen LogP contribution in [-0.2, 0) is 9.53 Å². The zero-order chi connectivity index (χ0) is 13.5. The molecule has 4 heteroatoms. The smallest absolute Gasteiger partial charge is 0.251 e. The lowest BCUT2D eigenvalue weighted by atomic mass is 9.87. The second-order valence-electron chi connectivity index (χ2n) is 5.53. The van der Waals surface area contributed by atoms with E-state index in [1.807, 2.05) is 13.8 Å². The first-order valence-electron chi connectivity index (χ1n) is 6.35. The average Bonchev–Trinajstić information content (AvgIpc) is 2.32. The van der Waals surface area contributed by atoms with Gasteiger partial charge in [0, 0.05) is 13.7 Å². The van der Waals surface area contributed by atoms with Crippen LogP contribution in [0.15, 0.2) is 0 Å². The molecule has 0 heterocycles. The predicted molar refractivity (Wildman–Crippen MR) is 70.8 cm³/mol. The lowest BCUT2D eigenvalue weighted by molar-refractivity contribution is -0.142. The van der Waals surface area contributed by atoms with Crippen LogP contribution in [0.5, 0.6) is 0 Å². The van der Waals surface area contributed by atoms with E-state index in [-0.39, 0.29) is 11.3 Å². The molecule has 4 nitrogen and oxygen atoms in total. The summed E-state index contributed by atoms with van der Waals surface area (Å²) in [6.07, 6.45) is 2.66. The van der Waals surface area contributed by atoms with Gasteiger partial charge >= 0.3 is 0 Å². The molecule has 0 spiro atoms. The number of ether oxygens (including phenoxy) is 1. The molecule has 17 heavy (non-hydrogen) atoms. The van der Waals surface area contributed by atoms with Gasteiger partial charge in [-0.25, -0.2) is 0 Å². The molecule has 0 saturated heterocycles. The molecular weight excluding hydrogens is 216 g/mol. The van der Waals surface area contributed by atoms with Gasteiger partial charge in [-0.3, -0.25) is 4.79 Å². The number of rotatable bonds is 8. The Bertz CT molecular complexity index is 236. The summed E-state index contributed by atoms with van der Waals surface area (Å²) in [5.41, 5.74) is 4.86. The van der Waals surface area contributed by atoms with Gasteiger partial charge in [-0.15, -0.1) is 0 Å². The number of hydrogen-bond donors (Lipinski definition) is 2. The van der Waals surface area contributed by atoms with Crippen molar-refractivity contribution in [3.05, 3.63) is 0 Å². The second kappa shape index (κ2) is 6.97. The number of nitrogens with two attached hydrogens (primary N) is 1. The molecule has 0 fully saturated rings. The van der Waals surface area contributed by atoms with E-state index in [9.17, 15) is 4.79 Å². The summed E-state index contributed by atoms with van der Waals surface area (Å²) >= 11 is 0. The third-order valence-corrected chi connectivity index (χ3v) is 3.39. The van der Waals surface area contributed by atoms with Gasteiger partial charge in [0.2, 0.25) is 0 Å². The Morgan fingerprint density at radius 3 is 2.35 bits per heavy atom. The highest BCUT2D eigenvalue weighted by Crippen LogP contribution is 2.21. The number of hydrogen-bond acceptors (Lipinski definition) is 3. The topological polar surface area (TPSA) is 64.3 Å². The first kappa shape index (κ1) is 16.4. The van der Waals surface area contributed by atoms with E-state index in [1.165, 1.54) is 0 Å². The highest BCUT2D eigenvalue weighted by atomic mass is 16.5. The molecule has 3 N–H and O–H groups in total. The summed E-state index contributed by atoms with van der Waals surface area (Å²) in [6, 6.07) is 0. The van der Waals surface area contributed by atoms with Crippen LogP contribution in [0.4, 0.5) is 0 Å². The van der Waals surface area contributed by atoms with E-state index in [0.29, 0.717) is 19.5 Å². The number of nitrogens with one attached hydrogen (secondary N) is 1. The molecule has 1 amide bonds. The van der Waals surface area contributed by atoms with Gasteiger partial charge < -0.3 is 15.8 Å². The lowest BCUT2D eigenvalue weighted by Gasteiger charge is -2.29. The Balaban J connectivity index is 4.23. The van der Waals surface area contributed by atoms with Crippen LogP contribution in [0.25, 0.3) is 0 Å². The van der Waals surface area contributed by atoms with Crippen LogP contribution < -0.4 is 11.1 Å². The molecule has 0 aromatic carbocycles. The molecule has 0 aliphatic rings. The molecule has 0 aliphatic carbocycles. The van der Waals surface area contributed by atoms with Crippen molar-refractivity contribution in [2.75, 3.05) is 20.2 Å². The summed E-state index contributed by atoms with van der Waals surface area (Å²) in [5, 5.41) is 2.97. The average molecular weight is 244 g/mol. The van der Waals surface area contributed by atoms with Crippen molar-refractivity contribution in [1.29, 1.82) is 0 Å². The Morgan fingerprint density at radius 2 is 1.94 bits per heavy atom. The Hall–Kier alpha value is -0.610. The fourth-order valence-corrected chi connectivity index (χ4v) is 1.57. The zero-order valence-corrected chi connectivity index (χ0v) is 11.9. The van der Waals surface area contributed by atoms with E-state index in [1.54, 1.807) is 7.11 Å². The fourth-order valence-electron chi connectivity index (χ4n) is 1.57. The van der Waals surface area contributed by atoms with Crippen LogP contribution in [-0.4, -0.2) is 31.7 Å². The molecule has 0 rings (SSSR count). The standard InChI is InChI=1S/C13H28N2O2/c1-6-13(4,17-5)11(16)15-10-12(2,3)8-7-9-14/h6-10,14H2,1-5H3,(H,15,16). The van der Waals surface area contributed by atoms with Crippen molar-refractivity contribution < 1.29 is 9.53 Å². The Kier molecular flexibility index (Phi) is 6.72. The first-order chi connectivity index (χ1) is 7.81. The van der Waals surface area contributed by atoms with Gasteiger partial charge in [-0.1, -0.05) is 20.8 Å². The summed E-state index contributed by atoms with van der Waals surface area (Å²) in [7, 11) is 1.57. The largest absolute Gasteiger partial charge is 0.369 e. The highest BCUT2D eigenvalue weighted by molar-refractivity contribution is 5.84. The van der Waals surface area contributed by atoms with Gasteiger partial charge in [-0.2, -0.15) is 0 Å². The number of amides is 1. The fraction of sp³-hybridized carbons (Fsp3) is 0.923. The predicted octanol–water partition coefficient (Wildman–Crippen LogP) is 1.68. The third-order valence-electron chi connectivity index (χ3n) is 3.39. The highest BCUT2D eigenvalue weighted by Gasteiger charge is 2.31. The summed E-state index contributed by atoms with van der Waals surface area (Å²) < 4.78 is 5.26. The molecule has 0 saturated carbocycles. The summed E-state index contributed by atoms with van der Waals surface area (Å²) in [6.45, 7) is 9.39. The molecular formula is C13H28N2O2. The zero-order valence-electron chi connectivity index (χ0n) is 11.9. The normalized spacial score (nSPS) is 15.4. The van der Waals surface area contributed by atoms with Crippen LogP contribution in [0.2, 0.25) is 0 Å². The lowest BCUT2D eigenvalue weighted by Crippen LogP contribution is -2.48. The summed E-state index contributed by atoms with van der Waals surface area (Å²) in [5.74, 6) is -0.0386. The number of carbonyl (C=O) groups is 1. The molecule has 0 aromatic heterocycles. The molecule has 0 bridgehead atoms. The minimum atomic E-state index is -0.718. The second-order valence-corrected chi connectivity index (χ2v) is 5.53. The molecule has 0 radical (unpaired) electrons. The van der Waals surface area contributed by atoms with Gasteiger partial charge in [0.1, 0.15) is 5.60 Å². The maximum atomic E-state index is 12.0. The Labute approximate surface area is 105 Å². The monoisotopic (exact) mass is 244 g/mol. The number of methoxy groups -OCH3 is 1. The van der Waals surface area contributed by atoms with Gasteiger partial charge in [0.05, 0.1) is 0 Å². The quantitative estimate of drug-likeness (QED) is 0.683. The Morgan fingerprint density at radius 1 is 1.35 bits per heavy atom. The van der Waals surface area contributed by atoms with Crippen molar-refractivity contribution in [2.45, 2.75) is 52.6 Å². The summed E-state index contributed by atoms with van der Waals surface area (Å²) in [4.78, 5) is 12.0. The van der Waals surface area contributed by atoms with Crippen LogP contribution >= 0.6 is 0 Å². The minimum Gasteiger partial charge on any atom is -0.369 e. The van der Waals surface area contributed by atoms with Crippen molar-refractivity contribution in [3.63, 3.8) is 0 Å². The van der Waals surface area contributed by atoms with Gasteiger partial charge in [-0.05, 0) is 38.1 Å². The van der Waals surface area contributed by atoms with Crippen LogP contribution in [0.1, 0.15) is 47.0 Å². The molecule has 102 valence electrons. The van der Waals surface area contributed by atoms with Crippen molar-refractivity contribution in [3.8, 4) is 0 Å². The maximum Gasteiger partial charge on any atom is 0.251 e. The van der Waals surface area contributed by atoms with Gasteiger partial charge in [0.25, 0.3) is 5.91 Å².